The van der Waals surface area contributed by atoms with Crippen LogP contribution in [0.2, 0.25) is 0 Å². The van der Waals surface area contributed by atoms with Crippen LogP contribution in [0.25, 0.3) is 38.6 Å². The van der Waals surface area contributed by atoms with Crippen molar-refractivity contribution in [1.29, 1.82) is 0 Å². The summed E-state index contributed by atoms with van der Waals surface area (Å²) in [5, 5.41) is 2.52. The Kier molecular flexibility index (Phi) is 8.87. The van der Waals surface area contributed by atoms with Gasteiger partial charge in [-0.25, -0.2) is 0 Å². The van der Waals surface area contributed by atoms with Crippen LogP contribution < -0.4 is 26.2 Å². The summed E-state index contributed by atoms with van der Waals surface area (Å²) in [6.07, 6.45) is 0. The van der Waals surface area contributed by atoms with Crippen molar-refractivity contribution < 1.29 is 0 Å². The van der Waals surface area contributed by atoms with Gasteiger partial charge in [0.1, 0.15) is 0 Å². The van der Waals surface area contributed by atoms with E-state index in [1.807, 2.05) is 0 Å². The van der Waals surface area contributed by atoms with Crippen LogP contribution in [0, 0.1) is 0 Å². The molecule has 4 heteroatoms. The van der Waals surface area contributed by atoms with Crippen molar-refractivity contribution in [3.63, 3.8) is 0 Å². The van der Waals surface area contributed by atoms with Crippen LogP contribution >= 0.6 is 0 Å². The lowest BCUT2D eigenvalue weighted by atomic mass is 9.30. The summed E-state index contributed by atoms with van der Waals surface area (Å²) in [7, 11) is 0. The van der Waals surface area contributed by atoms with E-state index >= 15 is 0 Å². The predicted molar refractivity (Wildman–Crippen MR) is 278 cm³/mol. The zero-order chi connectivity index (χ0) is 44.0. The number of hydrogen-bond donors (Lipinski definition) is 0. The van der Waals surface area contributed by atoms with E-state index in [0.717, 1.165) is 22.7 Å². The van der Waals surface area contributed by atoms with Gasteiger partial charge in [-0.1, -0.05) is 180 Å². The summed E-state index contributed by atoms with van der Waals surface area (Å²) < 4.78 is 2.45. The Bertz CT molecular complexity index is 3440. The second-order valence-corrected chi connectivity index (χ2v) is 19.3. The maximum absolute atomic E-state index is 2.59. The van der Waals surface area contributed by atoms with Crippen molar-refractivity contribution in [3.05, 3.63) is 229 Å². The monoisotopic (exact) mass is 835 g/mol. The molecular weight excluding hydrogens is 786 g/mol. The summed E-state index contributed by atoms with van der Waals surface area (Å²) in [6, 6.07) is 78.8. The molecule has 0 aliphatic carbocycles. The van der Waals surface area contributed by atoms with E-state index in [1.165, 1.54) is 83.1 Å². The predicted octanol–water partition coefficient (Wildman–Crippen LogP) is 14.2. The van der Waals surface area contributed by atoms with Crippen LogP contribution in [-0.2, 0) is 10.8 Å². The number of hydrogen-bond acceptors (Lipinski definition) is 2. The Morgan fingerprint density at radius 1 is 0.508 bits per heavy atom. The topological polar surface area (TPSA) is 11.4 Å². The minimum absolute atomic E-state index is 0.0170. The minimum atomic E-state index is -0.304. The van der Waals surface area contributed by atoms with Gasteiger partial charge in [0.25, 0.3) is 0 Å². The van der Waals surface area contributed by atoms with Crippen LogP contribution in [0.5, 0.6) is 0 Å². The van der Waals surface area contributed by atoms with Crippen molar-refractivity contribution in [2.45, 2.75) is 45.4 Å². The number of rotatable bonds is 6. The first-order valence-electron chi connectivity index (χ1n) is 23.0. The smallest absolute Gasteiger partial charge is 0.247 e. The fourth-order valence-electron chi connectivity index (χ4n) is 11.1. The van der Waals surface area contributed by atoms with Crippen LogP contribution in [0.4, 0.5) is 34.1 Å². The highest BCUT2D eigenvalue weighted by Gasteiger charge is 2.47. The molecule has 0 N–H and O–H groups in total. The van der Waals surface area contributed by atoms with Crippen molar-refractivity contribution in [3.8, 4) is 16.8 Å². The third kappa shape index (κ3) is 6.04. The van der Waals surface area contributed by atoms with Crippen molar-refractivity contribution in [2.24, 2.45) is 0 Å². The van der Waals surface area contributed by atoms with Gasteiger partial charge < -0.3 is 14.4 Å². The SMILES string of the molecule is CC(C)(C)c1ccc(N2c3cccc4c3B(c3ccc(N(c5ccccc5)c5ccccc5-c5ccccc5)cc3C4(C)C)c3ccc4c(c32)c2ccccc2n4-c2ccccc2)cc1. The van der Waals surface area contributed by atoms with Crippen LogP contribution in [0.15, 0.2) is 212 Å². The lowest BCUT2D eigenvalue weighted by molar-refractivity contribution is 0.590. The van der Waals surface area contributed by atoms with Gasteiger partial charge in [-0.15, -0.1) is 0 Å². The Morgan fingerprint density at radius 2 is 1.17 bits per heavy atom. The largest absolute Gasteiger partial charge is 0.311 e. The van der Waals surface area contributed by atoms with E-state index < -0.39 is 0 Å². The molecule has 0 radical (unpaired) electrons. The molecule has 0 saturated carbocycles. The number of aromatic nitrogens is 1. The molecular formula is C61H50BN3. The highest BCUT2D eigenvalue weighted by Crippen LogP contribution is 2.49. The standard InChI is InChI=1S/C61H50BN3/c1-60(2,3)42-32-34-45(35-33-42)65-56-31-19-28-49-58(56)62(52-38-39-55-57(59(52)65)48-27-16-18-30-54(48)64(55)44-24-13-8-14-25-44)51-37-36-46(40-50(51)61(49,4)5)63(43-22-11-7-12-23-43)53-29-17-15-26-47(53)41-20-9-6-10-21-41/h6-40H,1-5H3. The molecule has 12 rings (SSSR count). The van der Waals surface area contributed by atoms with Gasteiger partial charge in [-0.3, -0.25) is 0 Å². The Balaban J connectivity index is 1.13. The van der Waals surface area contributed by atoms with E-state index in [4.69, 9.17) is 0 Å². The molecule has 0 fully saturated rings. The fourth-order valence-corrected chi connectivity index (χ4v) is 11.1. The zero-order valence-electron chi connectivity index (χ0n) is 37.6. The number of para-hydroxylation sites is 4. The van der Waals surface area contributed by atoms with Gasteiger partial charge in [-0.05, 0) is 111 Å². The Morgan fingerprint density at radius 3 is 1.92 bits per heavy atom. The molecule has 0 bridgehead atoms. The molecule has 2 aliphatic heterocycles. The maximum Gasteiger partial charge on any atom is 0.247 e. The summed E-state index contributed by atoms with van der Waals surface area (Å²) in [5.41, 5.74) is 20.9. The Hall–Kier alpha value is -7.56. The van der Waals surface area contributed by atoms with E-state index in [9.17, 15) is 0 Å². The molecule has 0 atom stereocenters. The van der Waals surface area contributed by atoms with Gasteiger partial charge in [0, 0.05) is 50.2 Å². The molecule has 0 spiro atoms. The van der Waals surface area contributed by atoms with Crippen LogP contribution in [-0.4, -0.2) is 11.3 Å². The molecule has 3 heterocycles. The number of anilines is 6. The van der Waals surface area contributed by atoms with Gasteiger partial charge in [0.15, 0.2) is 0 Å². The van der Waals surface area contributed by atoms with E-state index in [-0.39, 0.29) is 17.5 Å². The maximum atomic E-state index is 2.59. The normalized spacial score (nSPS) is 13.7. The average molecular weight is 836 g/mol. The minimum Gasteiger partial charge on any atom is -0.311 e. The number of nitrogens with zero attached hydrogens (tertiary/aromatic N) is 3. The summed E-state index contributed by atoms with van der Waals surface area (Å²) in [4.78, 5) is 5.04. The first kappa shape index (κ1) is 39.1. The molecule has 3 nitrogen and oxygen atoms in total. The fraction of sp³-hybridized carbons (Fsp3) is 0.115. The lowest BCUT2D eigenvalue weighted by Crippen LogP contribution is -2.64. The zero-order valence-corrected chi connectivity index (χ0v) is 37.6. The summed E-state index contributed by atoms with van der Waals surface area (Å²) in [5.74, 6) is 0. The molecule has 9 aromatic carbocycles. The molecule has 0 unspecified atom stereocenters. The Labute approximate surface area is 382 Å². The third-order valence-corrected chi connectivity index (χ3v) is 14.2. The average Bonchev–Trinajstić information content (AvgIpc) is 3.68. The molecule has 0 saturated heterocycles. The molecule has 312 valence electrons. The molecule has 10 aromatic rings. The third-order valence-electron chi connectivity index (χ3n) is 14.2. The lowest BCUT2D eigenvalue weighted by Gasteiger charge is -2.46. The quantitative estimate of drug-likeness (QED) is 0.155. The first-order valence-corrected chi connectivity index (χ1v) is 23.0. The van der Waals surface area contributed by atoms with Crippen molar-refractivity contribution in [2.75, 3.05) is 9.80 Å². The van der Waals surface area contributed by atoms with Gasteiger partial charge in [0.05, 0.1) is 22.4 Å². The van der Waals surface area contributed by atoms with Crippen LogP contribution in [0.1, 0.15) is 51.3 Å². The van der Waals surface area contributed by atoms with E-state index in [0.29, 0.717) is 0 Å². The van der Waals surface area contributed by atoms with Gasteiger partial charge >= 0.3 is 0 Å². The molecule has 0 amide bonds. The van der Waals surface area contributed by atoms with Crippen LogP contribution in [0.3, 0.4) is 0 Å². The van der Waals surface area contributed by atoms with E-state index in [1.54, 1.807) is 0 Å². The molecule has 1 aromatic heterocycles. The highest BCUT2D eigenvalue weighted by molar-refractivity contribution is 6.99. The van der Waals surface area contributed by atoms with Gasteiger partial charge in [-0.2, -0.15) is 0 Å². The number of benzene rings is 9. The van der Waals surface area contributed by atoms with E-state index in [2.05, 4.69) is 261 Å². The summed E-state index contributed by atoms with van der Waals surface area (Å²) >= 11 is 0. The molecule has 65 heavy (non-hydrogen) atoms. The second kappa shape index (κ2) is 14.8. The van der Waals surface area contributed by atoms with Crippen molar-refractivity contribution >= 4 is 79.0 Å². The summed E-state index contributed by atoms with van der Waals surface area (Å²) in [6.45, 7) is 11.8. The van der Waals surface area contributed by atoms with Gasteiger partial charge in [0.2, 0.25) is 6.71 Å². The second-order valence-electron chi connectivity index (χ2n) is 19.3. The molecule has 2 aliphatic rings. The van der Waals surface area contributed by atoms with Crippen molar-refractivity contribution in [1.82, 2.24) is 4.57 Å². The number of fused-ring (bicyclic) bond motifs is 8. The first-order chi connectivity index (χ1) is 31.7. The highest BCUT2D eigenvalue weighted by atomic mass is 15.2.